The molecule has 1 fully saturated rings. The fourth-order valence-corrected chi connectivity index (χ4v) is 7.42. The van der Waals surface area contributed by atoms with Crippen molar-refractivity contribution in [1.29, 1.82) is 0 Å². The molecule has 6 rings (SSSR count). The highest BCUT2D eigenvalue weighted by Crippen LogP contribution is 2.24. The Hall–Kier alpha value is -6.62. The molecule has 1 amide bonds. The molecule has 1 heterocycles. The number of benzene rings is 5. The van der Waals surface area contributed by atoms with Crippen molar-refractivity contribution >= 4 is 29.5 Å². The Morgan fingerprint density at radius 3 is 1.09 bits per heavy atom. The first-order chi connectivity index (χ1) is 31.8. The van der Waals surface area contributed by atoms with Gasteiger partial charge in [-0.1, -0.05) is 78.1 Å². The number of carbonyl (C=O) groups excluding carboxylic acids is 4. The van der Waals surface area contributed by atoms with Crippen LogP contribution >= 0.6 is 0 Å². The van der Waals surface area contributed by atoms with Crippen LogP contribution in [0.4, 0.5) is 5.69 Å². The third-order valence-electron chi connectivity index (χ3n) is 11.3. The predicted molar refractivity (Wildman–Crippen MR) is 253 cm³/mol. The highest BCUT2D eigenvalue weighted by atomic mass is 16.5. The first-order valence-corrected chi connectivity index (χ1v) is 23.3. The summed E-state index contributed by atoms with van der Waals surface area (Å²) in [5, 5.41) is 0. The molecule has 0 spiro atoms. The van der Waals surface area contributed by atoms with E-state index in [9.17, 15) is 19.2 Å². The lowest BCUT2D eigenvalue weighted by molar-refractivity contribution is 0.0722. The Morgan fingerprint density at radius 1 is 0.385 bits per heavy atom. The Labute approximate surface area is 383 Å². The minimum Gasteiger partial charge on any atom is -0.494 e. The molecule has 5 aromatic rings. The van der Waals surface area contributed by atoms with Gasteiger partial charge in [0.2, 0.25) is 0 Å². The molecule has 0 N–H and O–H groups in total. The summed E-state index contributed by atoms with van der Waals surface area (Å²) >= 11 is 0. The largest absolute Gasteiger partial charge is 0.494 e. The maximum Gasteiger partial charge on any atom is 0.343 e. The highest BCUT2D eigenvalue weighted by molar-refractivity contribution is 5.95. The van der Waals surface area contributed by atoms with Crippen molar-refractivity contribution in [2.45, 2.75) is 90.9 Å². The van der Waals surface area contributed by atoms with E-state index in [0.29, 0.717) is 84.6 Å². The maximum absolute atomic E-state index is 13.4. The van der Waals surface area contributed by atoms with Crippen LogP contribution in [0.3, 0.4) is 0 Å². The number of carbonyl (C=O) groups is 4. The van der Waals surface area contributed by atoms with Crippen LogP contribution < -0.4 is 28.6 Å². The van der Waals surface area contributed by atoms with E-state index in [4.69, 9.17) is 23.7 Å². The number of rotatable bonds is 24. The van der Waals surface area contributed by atoms with Gasteiger partial charge >= 0.3 is 17.9 Å². The lowest BCUT2D eigenvalue weighted by Crippen LogP contribution is -2.48. The average Bonchev–Trinajstić information content (AvgIpc) is 3.34. The van der Waals surface area contributed by atoms with Crippen LogP contribution in [0.5, 0.6) is 28.7 Å². The third-order valence-corrected chi connectivity index (χ3v) is 11.3. The van der Waals surface area contributed by atoms with Crippen LogP contribution in [-0.4, -0.2) is 68.1 Å². The van der Waals surface area contributed by atoms with Crippen molar-refractivity contribution in [3.05, 3.63) is 144 Å². The van der Waals surface area contributed by atoms with Crippen molar-refractivity contribution in [3.8, 4) is 28.7 Å². The van der Waals surface area contributed by atoms with E-state index in [-0.39, 0.29) is 5.91 Å². The van der Waals surface area contributed by atoms with E-state index in [1.807, 2.05) is 12.1 Å². The van der Waals surface area contributed by atoms with Crippen molar-refractivity contribution in [1.82, 2.24) is 4.90 Å². The zero-order valence-electron chi connectivity index (χ0n) is 37.8. The van der Waals surface area contributed by atoms with Gasteiger partial charge in [-0.15, -0.1) is 0 Å². The molecule has 0 saturated carbocycles. The summed E-state index contributed by atoms with van der Waals surface area (Å²) in [4.78, 5) is 55.8. The van der Waals surface area contributed by atoms with E-state index >= 15 is 0 Å². The number of hydrogen-bond donors (Lipinski definition) is 0. The number of unbranched alkanes of at least 4 members (excludes halogenated alkanes) is 10. The van der Waals surface area contributed by atoms with Gasteiger partial charge in [0.15, 0.2) is 0 Å². The van der Waals surface area contributed by atoms with E-state index in [0.717, 1.165) is 37.1 Å². The summed E-state index contributed by atoms with van der Waals surface area (Å²) in [6.45, 7) is 8.02. The zero-order valence-corrected chi connectivity index (χ0v) is 37.8. The zero-order chi connectivity index (χ0) is 45.6. The summed E-state index contributed by atoms with van der Waals surface area (Å²) in [6.07, 6.45) is 14.3. The second-order valence-corrected chi connectivity index (χ2v) is 16.3. The van der Waals surface area contributed by atoms with Crippen molar-refractivity contribution in [2.75, 3.05) is 44.3 Å². The van der Waals surface area contributed by atoms with Gasteiger partial charge in [0.05, 0.1) is 29.9 Å². The molecule has 1 saturated heterocycles. The number of nitrogens with zero attached hydrogens (tertiary/aromatic N) is 2. The van der Waals surface area contributed by atoms with Gasteiger partial charge in [-0.05, 0) is 134 Å². The summed E-state index contributed by atoms with van der Waals surface area (Å²) in [7, 11) is 0. The third kappa shape index (κ3) is 15.3. The fourth-order valence-electron chi connectivity index (χ4n) is 7.42. The van der Waals surface area contributed by atoms with Gasteiger partial charge < -0.3 is 33.5 Å². The maximum atomic E-state index is 13.4. The first kappa shape index (κ1) is 47.8. The SMILES string of the molecule is CCCCCCCCOc1ccc(C(=O)Oc2ccc(C(=O)Oc3ccc(N4CCN(C(=O)c5ccc(OC(=O)c6ccc(OCCCCCCCC)cc6)cc5)CC4)cc3)cc2)cc1. The summed E-state index contributed by atoms with van der Waals surface area (Å²) in [5.74, 6) is 0.853. The molecule has 1 aliphatic rings. The lowest BCUT2D eigenvalue weighted by atomic mass is 10.1. The molecule has 0 bridgehead atoms. The monoisotopic (exact) mass is 882 g/mol. The van der Waals surface area contributed by atoms with Gasteiger partial charge in [-0.2, -0.15) is 0 Å². The molecule has 342 valence electrons. The smallest absolute Gasteiger partial charge is 0.343 e. The second-order valence-electron chi connectivity index (χ2n) is 16.3. The van der Waals surface area contributed by atoms with E-state index < -0.39 is 17.9 Å². The van der Waals surface area contributed by atoms with Crippen LogP contribution in [-0.2, 0) is 0 Å². The minimum atomic E-state index is -0.542. The van der Waals surface area contributed by atoms with Crippen molar-refractivity contribution in [3.63, 3.8) is 0 Å². The van der Waals surface area contributed by atoms with Gasteiger partial charge in [0.25, 0.3) is 5.91 Å². The molecule has 11 nitrogen and oxygen atoms in total. The minimum absolute atomic E-state index is 0.0954. The number of ether oxygens (including phenoxy) is 5. The van der Waals surface area contributed by atoms with Crippen LogP contribution in [0.15, 0.2) is 121 Å². The fraction of sp³-hybridized carbons (Fsp3) is 0.370. The van der Waals surface area contributed by atoms with Gasteiger partial charge in [-0.25, -0.2) is 14.4 Å². The quantitative estimate of drug-likeness (QED) is 0.0336. The van der Waals surface area contributed by atoms with Gasteiger partial charge in [0, 0.05) is 37.4 Å². The molecule has 0 unspecified atom stereocenters. The average molecular weight is 883 g/mol. The molecular weight excluding hydrogens is 821 g/mol. The molecular formula is C54H62N2O9. The van der Waals surface area contributed by atoms with Crippen molar-refractivity contribution in [2.24, 2.45) is 0 Å². The number of piperazine rings is 1. The van der Waals surface area contributed by atoms with Crippen LogP contribution in [0.2, 0.25) is 0 Å². The summed E-state index contributed by atoms with van der Waals surface area (Å²) < 4.78 is 28.3. The Kier molecular flexibility index (Phi) is 18.9. The van der Waals surface area contributed by atoms with E-state index in [1.54, 1.807) is 114 Å². The topological polar surface area (TPSA) is 121 Å². The molecule has 11 heteroatoms. The molecule has 1 aliphatic heterocycles. The molecule has 0 atom stereocenters. The van der Waals surface area contributed by atoms with Crippen LogP contribution in [0, 0.1) is 0 Å². The molecule has 0 aromatic heterocycles. The van der Waals surface area contributed by atoms with Gasteiger partial charge in [0.1, 0.15) is 28.7 Å². The Morgan fingerprint density at radius 2 is 0.708 bits per heavy atom. The Bertz CT molecular complexity index is 2230. The van der Waals surface area contributed by atoms with E-state index in [2.05, 4.69) is 18.7 Å². The van der Waals surface area contributed by atoms with Crippen LogP contribution in [0.1, 0.15) is 132 Å². The summed E-state index contributed by atoms with van der Waals surface area (Å²) in [6, 6.07) is 33.9. The van der Waals surface area contributed by atoms with E-state index in [1.165, 1.54) is 51.4 Å². The number of esters is 3. The van der Waals surface area contributed by atoms with Crippen LogP contribution in [0.25, 0.3) is 0 Å². The number of amides is 1. The summed E-state index contributed by atoms with van der Waals surface area (Å²) in [5.41, 5.74) is 2.57. The van der Waals surface area contributed by atoms with Crippen molar-refractivity contribution < 1.29 is 42.9 Å². The molecule has 65 heavy (non-hydrogen) atoms. The first-order valence-electron chi connectivity index (χ1n) is 23.3. The molecule has 0 radical (unpaired) electrons. The highest BCUT2D eigenvalue weighted by Gasteiger charge is 2.23. The standard InChI is InChI=1S/C54H62N2O9/c1-3-5-7-9-11-13-39-61-46-25-17-42(18-26-46)52(58)63-48-29-15-41(16-30-48)51(57)56-37-35-55(36-38-56)45-23-33-50(34-24-45)65-54(60)44-21-31-49(32-22-44)64-53(59)43-19-27-47(28-20-43)62-40-14-12-10-8-6-4-2/h15-34H,3-14,35-40H2,1-2H3. The predicted octanol–water partition coefficient (Wildman–Crippen LogP) is 11.8. The molecule has 5 aromatic carbocycles. The normalized spacial score (nSPS) is 12.3. The lowest BCUT2D eigenvalue weighted by Gasteiger charge is -2.36. The number of hydrogen-bond acceptors (Lipinski definition) is 10. The second kappa shape index (κ2) is 25.6. The van der Waals surface area contributed by atoms with Gasteiger partial charge in [-0.3, -0.25) is 4.79 Å². The molecule has 0 aliphatic carbocycles. The Balaban J connectivity index is 0.882. The number of anilines is 1.